The number of carbonyl (C=O) groups excluding carboxylic acids is 1. The van der Waals surface area contributed by atoms with E-state index in [9.17, 15) is 4.79 Å². The van der Waals surface area contributed by atoms with Crippen LogP contribution < -0.4 is 10.1 Å². The second kappa shape index (κ2) is 8.79. The number of amides is 1. The first kappa shape index (κ1) is 20.3. The van der Waals surface area contributed by atoms with Crippen LogP contribution >= 0.6 is 0 Å². The van der Waals surface area contributed by atoms with Gasteiger partial charge < -0.3 is 14.6 Å². The van der Waals surface area contributed by atoms with E-state index in [0.29, 0.717) is 34.4 Å². The molecule has 7 heteroatoms. The normalized spacial score (nSPS) is 10.8. The zero-order chi connectivity index (χ0) is 21.8. The van der Waals surface area contributed by atoms with Gasteiger partial charge in [-0.2, -0.15) is 0 Å². The van der Waals surface area contributed by atoms with E-state index in [1.165, 1.54) is 0 Å². The van der Waals surface area contributed by atoms with E-state index in [2.05, 4.69) is 20.5 Å². The lowest BCUT2D eigenvalue weighted by Crippen LogP contribution is -2.13. The third kappa shape index (κ3) is 4.61. The van der Waals surface area contributed by atoms with Crippen molar-refractivity contribution in [2.75, 3.05) is 5.32 Å². The molecule has 1 N–H and O–H groups in total. The maximum absolute atomic E-state index is 12.9. The van der Waals surface area contributed by atoms with Crippen LogP contribution in [0.4, 0.5) is 5.82 Å². The molecule has 0 aliphatic rings. The number of ether oxygens (including phenoxy) is 1. The van der Waals surface area contributed by atoms with Crippen molar-refractivity contribution in [1.29, 1.82) is 0 Å². The van der Waals surface area contributed by atoms with Gasteiger partial charge in [0, 0.05) is 11.6 Å². The average molecular weight is 413 g/mol. The van der Waals surface area contributed by atoms with Crippen LogP contribution in [0.1, 0.15) is 35.8 Å². The van der Waals surface area contributed by atoms with Crippen molar-refractivity contribution in [1.82, 2.24) is 19.7 Å². The molecule has 4 aromatic rings. The predicted octanol–water partition coefficient (Wildman–Crippen LogP) is 5.27. The van der Waals surface area contributed by atoms with Gasteiger partial charge in [-0.15, -0.1) is 10.2 Å². The third-order valence-electron chi connectivity index (χ3n) is 4.77. The summed E-state index contributed by atoms with van der Waals surface area (Å²) < 4.78 is 7.87. The number of rotatable bonds is 6. The van der Waals surface area contributed by atoms with Crippen molar-refractivity contribution in [3.05, 3.63) is 84.2 Å². The molecule has 0 atom stereocenters. The summed E-state index contributed by atoms with van der Waals surface area (Å²) in [6.07, 6.45) is 1.67. The Balaban J connectivity index is 1.55. The lowest BCUT2D eigenvalue weighted by atomic mass is 10.1. The molecule has 2 heterocycles. The molecule has 1 amide bonds. The summed E-state index contributed by atoms with van der Waals surface area (Å²) in [5.74, 6) is 2.16. The maximum Gasteiger partial charge on any atom is 0.256 e. The van der Waals surface area contributed by atoms with Gasteiger partial charge in [0.1, 0.15) is 29.3 Å². The highest BCUT2D eigenvalue weighted by Gasteiger charge is 2.14. The van der Waals surface area contributed by atoms with Crippen LogP contribution in [0, 0.1) is 6.92 Å². The molecule has 0 fully saturated rings. The average Bonchev–Trinajstić information content (AvgIpc) is 3.27. The number of anilines is 1. The lowest BCUT2D eigenvalue weighted by Gasteiger charge is -2.12. The molecular weight excluding hydrogens is 390 g/mol. The smallest absolute Gasteiger partial charge is 0.256 e. The van der Waals surface area contributed by atoms with Crippen LogP contribution in [0.25, 0.3) is 11.5 Å². The molecule has 0 saturated heterocycles. The highest BCUT2D eigenvalue weighted by atomic mass is 16.5. The number of hydrogen-bond donors (Lipinski definition) is 1. The van der Waals surface area contributed by atoms with Crippen molar-refractivity contribution >= 4 is 11.7 Å². The zero-order valence-electron chi connectivity index (χ0n) is 17.6. The molecule has 0 aliphatic heterocycles. The number of aryl methyl sites for hydroxylation is 1. The number of pyridine rings is 1. The van der Waals surface area contributed by atoms with Crippen molar-refractivity contribution < 1.29 is 9.53 Å². The Bertz CT molecular complexity index is 1200. The Morgan fingerprint density at radius 1 is 1.03 bits per heavy atom. The van der Waals surface area contributed by atoms with Gasteiger partial charge in [0.05, 0.1) is 0 Å². The fourth-order valence-electron chi connectivity index (χ4n) is 3.09. The first-order valence-corrected chi connectivity index (χ1v) is 10.0. The predicted molar refractivity (Wildman–Crippen MR) is 119 cm³/mol. The summed E-state index contributed by atoms with van der Waals surface area (Å²) >= 11 is 0. The molecular formula is C24H23N5O2. The third-order valence-corrected chi connectivity index (χ3v) is 4.77. The minimum Gasteiger partial charge on any atom is -0.457 e. The zero-order valence-corrected chi connectivity index (χ0v) is 17.6. The molecule has 0 unspecified atom stereocenters. The Hall–Kier alpha value is -4.00. The molecule has 156 valence electrons. The number of carbonyl (C=O) groups is 1. The van der Waals surface area contributed by atoms with E-state index in [1.54, 1.807) is 24.5 Å². The summed E-state index contributed by atoms with van der Waals surface area (Å²) in [6, 6.07) is 20.4. The van der Waals surface area contributed by atoms with Gasteiger partial charge >= 0.3 is 0 Å². The van der Waals surface area contributed by atoms with E-state index in [0.717, 1.165) is 5.56 Å². The van der Waals surface area contributed by atoms with Crippen LogP contribution in [0.5, 0.6) is 11.5 Å². The van der Waals surface area contributed by atoms with Crippen LogP contribution in [-0.4, -0.2) is 25.7 Å². The molecule has 0 saturated carbocycles. The summed E-state index contributed by atoms with van der Waals surface area (Å²) in [6.45, 7) is 6.03. The van der Waals surface area contributed by atoms with Gasteiger partial charge in [-0.25, -0.2) is 4.98 Å². The fourth-order valence-corrected chi connectivity index (χ4v) is 3.09. The van der Waals surface area contributed by atoms with Crippen LogP contribution in [0.2, 0.25) is 0 Å². The maximum atomic E-state index is 12.9. The second-order valence-corrected chi connectivity index (χ2v) is 7.41. The summed E-state index contributed by atoms with van der Waals surface area (Å²) in [5.41, 5.74) is 2.06. The van der Waals surface area contributed by atoms with Gasteiger partial charge in [-0.05, 0) is 62.7 Å². The molecule has 2 aromatic heterocycles. The number of benzene rings is 2. The Labute approximate surface area is 180 Å². The molecule has 7 nitrogen and oxygen atoms in total. The van der Waals surface area contributed by atoms with Gasteiger partial charge in [0.2, 0.25) is 0 Å². The molecule has 2 aromatic carbocycles. The first-order chi connectivity index (χ1) is 15.0. The van der Waals surface area contributed by atoms with Crippen molar-refractivity contribution in [3.63, 3.8) is 0 Å². The fraction of sp³-hybridized carbons (Fsp3) is 0.167. The number of aromatic nitrogens is 4. The highest BCUT2D eigenvalue weighted by Crippen LogP contribution is 2.26. The topological polar surface area (TPSA) is 81.9 Å². The summed E-state index contributed by atoms with van der Waals surface area (Å²) in [5, 5.41) is 11.0. The molecule has 4 rings (SSSR count). The molecule has 0 spiro atoms. The van der Waals surface area contributed by atoms with Gasteiger partial charge in [0.25, 0.3) is 5.91 Å². The number of nitrogens with one attached hydrogen (secondary N) is 1. The molecule has 0 bridgehead atoms. The van der Waals surface area contributed by atoms with E-state index in [1.807, 2.05) is 73.9 Å². The van der Waals surface area contributed by atoms with Crippen molar-refractivity contribution in [3.8, 4) is 23.0 Å². The van der Waals surface area contributed by atoms with Crippen molar-refractivity contribution in [2.24, 2.45) is 0 Å². The van der Waals surface area contributed by atoms with E-state index in [-0.39, 0.29) is 11.9 Å². The monoisotopic (exact) mass is 413 g/mol. The Morgan fingerprint density at radius 3 is 2.61 bits per heavy atom. The van der Waals surface area contributed by atoms with Gasteiger partial charge in [-0.1, -0.05) is 30.3 Å². The molecule has 0 aliphatic carbocycles. The Kier molecular flexibility index (Phi) is 5.75. The number of nitrogens with zero attached hydrogens (tertiary/aromatic N) is 4. The minimum absolute atomic E-state index is 0.195. The Morgan fingerprint density at radius 2 is 1.84 bits per heavy atom. The van der Waals surface area contributed by atoms with Crippen LogP contribution in [0.3, 0.4) is 0 Å². The minimum atomic E-state index is -0.270. The SMILES string of the molecule is Cc1ccc(C(=O)Nc2cccc(-c3nncn3C(C)C)n2)cc1Oc1ccccc1. The van der Waals surface area contributed by atoms with Crippen molar-refractivity contribution in [2.45, 2.75) is 26.8 Å². The highest BCUT2D eigenvalue weighted by molar-refractivity contribution is 6.04. The van der Waals surface area contributed by atoms with Gasteiger partial charge in [0.15, 0.2) is 5.82 Å². The summed E-state index contributed by atoms with van der Waals surface area (Å²) in [7, 11) is 0. The van der Waals surface area contributed by atoms with E-state index < -0.39 is 0 Å². The lowest BCUT2D eigenvalue weighted by molar-refractivity contribution is 0.102. The first-order valence-electron chi connectivity index (χ1n) is 10.0. The largest absolute Gasteiger partial charge is 0.457 e. The standard InChI is InChI=1S/C24H23N5O2/c1-16(2)29-15-25-28-23(29)20-10-7-11-22(26-20)27-24(30)18-13-12-17(3)21(14-18)31-19-8-5-4-6-9-19/h4-16H,1-3H3,(H,26,27,30). The number of para-hydroxylation sites is 1. The van der Waals surface area contributed by atoms with Crippen LogP contribution in [-0.2, 0) is 0 Å². The van der Waals surface area contributed by atoms with E-state index in [4.69, 9.17) is 4.74 Å². The van der Waals surface area contributed by atoms with E-state index >= 15 is 0 Å². The van der Waals surface area contributed by atoms with Gasteiger partial charge in [-0.3, -0.25) is 4.79 Å². The summed E-state index contributed by atoms with van der Waals surface area (Å²) in [4.78, 5) is 17.4. The molecule has 0 radical (unpaired) electrons. The quantitative estimate of drug-likeness (QED) is 0.465. The molecule has 31 heavy (non-hydrogen) atoms. The second-order valence-electron chi connectivity index (χ2n) is 7.41. The van der Waals surface area contributed by atoms with Crippen LogP contribution in [0.15, 0.2) is 73.1 Å². The number of hydrogen-bond acceptors (Lipinski definition) is 5.